The van der Waals surface area contributed by atoms with Gasteiger partial charge in [0.25, 0.3) is 0 Å². The minimum atomic E-state index is 0.174. The molecule has 1 aromatic rings. The maximum atomic E-state index is 11.9. The third kappa shape index (κ3) is 1.35. The summed E-state index contributed by atoms with van der Waals surface area (Å²) in [7, 11) is 0. The molecule has 0 unspecified atom stereocenters. The number of nitrogens with zero attached hydrogens (tertiary/aromatic N) is 3. The van der Waals surface area contributed by atoms with Gasteiger partial charge in [-0.05, 0) is 26.2 Å². The highest BCUT2D eigenvalue weighted by molar-refractivity contribution is 5.96. The Morgan fingerprint density at radius 1 is 1.31 bits per heavy atom. The van der Waals surface area contributed by atoms with E-state index in [0.717, 1.165) is 36.3 Å². The first-order chi connectivity index (χ1) is 7.66. The number of aryl methyl sites for hydroxylation is 1. The number of nitrogen functional groups attached to an aromatic ring is 1. The maximum absolute atomic E-state index is 11.9. The van der Waals surface area contributed by atoms with Crippen LogP contribution in [0, 0.1) is 6.92 Å². The summed E-state index contributed by atoms with van der Waals surface area (Å²) < 4.78 is 0. The molecule has 0 bridgehead atoms. The van der Waals surface area contributed by atoms with E-state index in [0.29, 0.717) is 12.5 Å². The van der Waals surface area contributed by atoms with Crippen molar-refractivity contribution >= 4 is 17.7 Å². The van der Waals surface area contributed by atoms with Crippen LogP contribution in [-0.2, 0) is 11.2 Å². The van der Waals surface area contributed by atoms with Crippen LogP contribution in [0.4, 0.5) is 11.8 Å². The lowest BCUT2D eigenvalue weighted by Gasteiger charge is -2.28. The minimum absolute atomic E-state index is 0.174. The molecule has 0 saturated heterocycles. The molecule has 1 fully saturated rings. The summed E-state index contributed by atoms with van der Waals surface area (Å²) >= 11 is 0. The van der Waals surface area contributed by atoms with E-state index in [4.69, 9.17) is 5.73 Å². The van der Waals surface area contributed by atoms with Crippen molar-refractivity contribution in [2.75, 3.05) is 10.6 Å². The summed E-state index contributed by atoms with van der Waals surface area (Å²) in [6, 6.07) is 0.347. The lowest BCUT2D eigenvalue weighted by Crippen LogP contribution is -2.38. The van der Waals surface area contributed by atoms with Crippen LogP contribution in [-0.4, -0.2) is 21.9 Å². The van der Waals surface area contributed by atoms with E-state index in [1.165, 1.54) is 0 Å². The van der Waals surface area contributed by atoms with Gasteiger partial charge in [-0.3, -0.25) is 9.69 Å². The Bertz CT molecular complexity index is 467. The molecule has 2 N–H and O–H groups in total. The first kappa shape index (κ1) is 9.57. The van der Waals surface area contributed by atoms with E-state index < -0.39 is 0 Å². The minimum Gasteiger partial charge on any atom is -0.368 e. The van der Waals surface area contributed by atoms with Crippen LogP contribution in [0.2, 0.25) is 0 Å². The average molecular weight is 218 g/mol. The Morgan fingerprint density at radius 3 is 2.75 bits per heavy atom. The Hall–Kier alpha value is -1.65. The average Bonchev–Trinajstić information content (AvgIpc) is 3.00. The standard InChI is InChI=1S/C11H14N4O/c1-6-8-4-5-9(16)15(7-2-3-7)10(8)14-11(12)13-6/h7H,2-5H2,1H3,(H2,12,13,14). The van der Waals surface area contributed by atoms with Crippen molar-refractivity contribution < 1.29 is 4.79 Å². The molecule has 0 atom stereocenters. The molecule has 0 radical (unpaired) electrons. The van der Waals surface area contributed by atoms with Crippen LogP contribution in [0.25, 0.3) is 0 Å². The van der Waals surface area contributed by atoms with Gasteiger partial charge in [-0.25, -0.2) is 4.98 Å². The molecule has 5 nitrogen and oxygen atoms in total. The molecular weight excluding hydrogens is 204 g/mol. The SMILES string of the molecule is Cc1nc(N)nc2c1CCC(=O)N2C1CC1. The summed E-state index contributed by atoms with van der Waals surface area (Å²) in [6.45, 7) is 1.93. The van der Waals surface area contributed by atoms with Crippen molar-refractivity contribution in [3.8, 4) is 0 Å². The summed E-state index contributed by atoms with van der Waals surface area (Å²) in [5, 5.41) is 0. The Labute approximate surface area is 93.7 Å². The smallest absolute Gasteiger partial charge is 0.228 e. The molecule has 1 saturated carbocycles. The Morgan fingerprint density at radius 2 is 2.06 bits per heavy atom. The van der Waals surface area contributed by atoms with Crippen LogP contribution >= 0.6 is 0 Å². The van der Waals surface area contributed by atoms with Crippen LogP contribution < -0.4 is 10.6 Å². The predicted octanol–water partition coefficient (Wildman–Crippen LogP) is 0.809. The molecule has 1 aliphatic heterocycles. The molecule has 3 rings (SSSR count). The Kier molecular flexibility index (Phi) is 1.89. The monoisotopic (exact) mass is 218 g/mol. The van der Waals surface area contributed by atoms with Gasteiger partial charge in [0, 0.05) is 23.7 Å². The highest BCUT2D eigenvalue weighted by atomic mass is 16.2. The second kappa shape index (κ2) is 3.17. The number of carbonyl (C=O) groups excluding carboxylic acids is 1. The molecule has 1 amide bonds. The topological polar surface area (TPSA) is 72.1 Å². The van der Waals surface area contributed by atoms with E-state index in [2.05, 4.69) is 9.97 Å². The first-order valence-electron chi connectivity index (χ1n) is 5.62. The van der Waals surface area contributed by atoms with Crippen LogP contribution in [0.5, 0.6) is 0 Å². The van der Waals surface area contributed by atoms with Gasteiger partial charge in [0.15, 0.2) is 0 Å². The van der Waals surface area contributed by atoms with Gasteiger partial charge in [0.1, 0.15) is 5.82 Å². The van der Waals surface area contributed by atoms with E-state index >= 15 is 0 Å². The van der Waals surface area contributed by atoms with Crippen molar-refractivity contribution in [1.29, 1.82) is 0 Å². The van der Waals surface area contributed by atoms with Gasteiger partial charge in [-0.2, -0.15) is 4.98 Å². The van der Waals surface area contributed by atoms with E-state index in [1.54, 1.807) is 0 Å². The summed E-state index contributed by atoms with van der Waals surface area (Å²) in [6.07, 6.45) is 3.46. The normalized spacial score (nSPS) is 19.8. The lowest BCUT2D eigenvalue weighted by molar-refractivity contribution is -0.119. The molecule has 16 heavy (non-hydrogen) atoms. The van der Waals surface area contributed by atoms with Gasteiger partial charge in [-0.15, -0.1) is 0 Å². The second-order valence-corrected chi connectivity index (χ2v) is 4.46. The van der Waals surface area contributed by atoms with Gasteiger partial charge in [-0.1, -0.05) is 0 Å². The molecule has 1 aliphatic carbocycles. The zero-order chi connectivity index (χ0) is 11.3. The number of hydrogen-bond acceptors (Lipinski definition) is 4. The zero-order valence-electron chi connectivity index (χ0n) is 9.23. The fraction of sp³-hybridized carbons (Fsp3) is 0.545. The second-order valence-electron chi connectivity index (χ2n) is 4.46. The molecule has 0 spiro atoms. The van der Waals surface area contributed by atoms with Crippen molar-refractivity contribution in [1.82, 2.24) is 9.97 Å². The van der Waals surface area contributed by atoms with Crippen LogP contribution in [0.15, 0.2) is 0 Å². The Balaban J connectivity index is 2.14. The molecule has 2 heterocycles. The van der Waals surface area contributed by atoms with Crippen molar-refractivity contribution in [3.05, 3.63) is 11.3 Å². The molecule has 2 aliphatic rings. The number of amides is 1. The molecule has 0 aromatic carbocycles. The third-order valence-electron chi connectivity index (χ3n) is 3.21. The summed E-state index contributed by atoms with van der Waals surface area (Å²) in [5.74, 6) is 1.19. The van der Waals surface area contributed by atoms with Crippen LogP contribution in [0.3, 0.4) is 0 Å². The number of hydrogen-bond donors (Lipinski definition) is 1. The van der Waals surface area contributed by atoms with Gasteiger partial charge < -0.3 is 5.73 Å². The predicted molar refractivity (Wildman–Crippen MR) is 60.0 cm³/mol. The summed E-state index contributed by atoms with van der Waals surface area (Å²) in [4.78, 5) is 22.1. The quantitative estimate of drug-likeness (QED) is 0.757. The fourth-order valence-electron chi connectivity index (χ4n) is 2.27. The van der Waals surface area contributed by atoms with Crippen molar-refractivity contribution in [2.24, 2.45) is 0 Å². The number of fused-ring (bicyclic) bond motifs is 1. The van der Waals surface area contributed by atoms with Gasteiger partial charge >= 0.3 is 0 Å². The highest BCUT2D eigenvalue weighted by Gasteiger charge is 2.38. The van der Waals surface area contributed by atoms with E-state index in [-0.39, 0.29) is 11.9 Å². The fourth-order valence-corrected chi connectivity index (χ4v) is 2.27. The largest absolute Gasteiger partial charge is 0.368 e. The van der Waals surface area contributed by atoms with Gasteiger partial charge in [0.05, 0.1) is 0 Å². The van der Waals surface area contributed by atoms with E-state index in [9.17, 15) is 4.79 Å². The number of rotatable bonds is 1. The maximum Gasteiger partial charge on any atom is 0.228 e. The van der Waals surface area contributed by atoms with Crippen molar-refractivity contribution in [3.63, 3.8) is 0 Å². The third-order valence-corrected chi connectivity index (χ3v) is 3.21. The van der Waals surface area contributed by atoms with Crippen molar-refractivity contribution in [2.45, 2.75) is 38.6 Å². The molecule has 84 valence electrons. The van der Waals surface area contributed by atoms with Gasteiger partial charge in [0.2, 0.25) is 11.9 Å². The number of aromatic nitrogens is 2. The molecule has 1 aromatic heterocycles. The van der Waals surface area contributed by atoms with E-state index in [1.807, 2.05) is 11.8 Å². The zero-order valence-corrected chi connectivity index (χ0v) is 9.23. The number of anilines is 2. The number of nitrogens with two attached hydrogens (primary N) is 1. The number of carbonyl (C=O) groups is 1. The molecular formula is C11H14N4O. The molecule has 5 heteroatoms. The highest BCUT2D eigenvalue weighted by Crippen LogP contribution is 2.37. The summed E-state index contributed by atoms with van der Waals surface area (Å²) in [5.41, 5.74) is 7.64. The van der Waals surface area contributed by atoms with Crippen LogP contribution in [0.1, 0.15) is 30.5 Å². The lowest BCUT2D eigenvalue weighted by atomic mass is 10.0. The first-order valence-corrected chi connectivity index (χ1v) is 5.62.